The summed E-state index contributed by atoms with van der Waals surface area (Å²) in [6.07, 6.45) is 5.48. The molecule has 0 saturated carbocycles. The Kier molecular flexibility index (Phi) is 7.61. The Morgan fingerprint density at radius 2 is 1.72 bits per heavy atom. The fraction of sp³-hybridized carbons (Fsp3) is 0.348. The predicted molar refractivity (Wildman–Crippen MR) is 117 cm³/mol. The highest BCUT2D eigenvalue weighted by molar-refractivity contribution is 7.92. The number of benzene rings is 2. The van der Waals surface area contributed by atoms with Crippen molar-refractivity contribution in [2.45, 2.75) is 38.1 Å². The summed E-state index contributed by atoms with van der Waals surface area (Å²) in [6, 6.07) is 18.8. The molecule has 0 radical (unpaired) electrons. The first-order chi connectivity index (χ1) is 14.1. The minimum absolute atomic E-state index is 0.200. The Hall–Kier alpha value is -2.44. The average molecular weight is 413 g/mol. The van der Waals surface area contributed by atoms with Gasteiger partial charge >= 0.3 is 0 Å². The van der Waals surface area contributed by atoms with Crippen molar-refractivity contribution in [3.05, 3.63) is 77.2 Å². The summed E-state index contributed by atoms with van der Waals surface area (Å²) in [5.41, 5.74) is 2.05. The minimum Gasteiger partial charge on any atom is -0.355 e. The van der Waals surface area contributed by atoms with Gasteiger partial charge in [0.25, 0.3) is 0 Å². The van der Waals surface area contributed by atoms with Gasteiger partial charge in [-0.2, -0.15) is 4.31 Å². The van der Waals surface area contributed by atoms with Crippen molar-refractivity contribution in [2.75, 3.05) is 13.1 Å². The van der Waals surface area contributed by atoms with Crippen LogP contribution in [0.5, 0.6) is 0 Å². The standard InChI is InChI=1S/C23H28N2O3S/c26-23(24-17-9-14-20-10-3-1-4-11-20)22-15-7-8-18-25(22)29(27,28)19-16-21-12-5-2-6-13-21/h1-6,10-13,16,19,22H,7-9,14-15,17-18H2,(H,24,26)/b19-16+/t22-/m0/s1. The molecule has 1 saturated heterocycles. The van der Waals surface area contributed by atoms with E-state index in [1.165, 1.54) is 15.3 Å². The number of nitrogens with one attached hydrogen (secondary N) is 1. The fourth-order valence-corrected chi connectivity index (χ4v) is 4.97. The third-order valence-corrected chi connectivity index (χ3v) is 6.67. The molecule has 1 N–H and O–H groups in total. The Bertz CT molecular complexity index is 912. The largest absolute Gasteiger partial charge is 0.355 e. The first-order valence-corrected chi connectivity index (χ1v) is 11.6. The van der Waals surface area contributed by atoms with Gasteiger partial charge in [0.05, 0.1) is 0 Å². The van der Waals surface area contributed by atoms with Gasteiger partial charge < -0.3 is 5.32 Å². The van der Waals surface area contributed by atoms with Crippen molar-refractivity contribution in [3.8, 4) is 0 Å². The summed E-state index contributed by atoms with van der Waals surface area (Å²) in [7, 11) is -3.66. The van der Waals surface area contributed by atoms with E-state index in [1.54, 1.807) is 6.08 Å². The van der Waals surface area contributed by atoms with Gasteiger partial charge in [0, 0.05) is 18.5 Å². The maximum atomic E-state index is 12.8. The molecule has 1 aliphatic rings. The Balaban J connectivity index is 1.57. The number of rotatable bonds is 8. The van der Waals surface area contributed by atoms with E-state index < -0.39 is 16.1 Å². The van der Waals surface area contributed by atoms with Gasteiger partial charge in [0.2, 0.25) is 15.9 Å². The Morgan fingerprint density at radius 3 is 2.45 bits per heavy atom. The molecule has 1 fully saturated rings. The summed E-state index contributed by atoms with van der Waals surface area (Å²) in [4.78, 5) is 12.7. The minimum atomic E-state index is -3.66. The van der Waals surface area contributed by atoms with Crippen LogP contribution in [0.2, 0.25) is 0 Å². The van der Waals surface area contributed by atoms with Crippen LogP contribution in [-0.4, -0.2) is 37.8 Å². The molecule has 0 spiro atoms. The summed E-state index contributed by atoms with van der Waals surface area (Å²) >= 11 is 0. The van der Waals surface area contributed by atoms with E-state index >= 15 is 0 Å². The molecular formula is C23H28N2O3S. The number of carbonyl (C=O) groups is 1. The van der Waals surface area contributed by atoms with Crippen LogP contribution >= 0.6 is 0 Å². The highest BCUT2D eigenvalue weighted by Crippen LogP contribution is 2.22. The van der Waals surface area contributed by atoms with Crippen molar-refractivity contribution in [2.24, 2.45) is 0 Å². The molecule has 1 amide bonds. The smallest absolute Gasteiger partial charge is 0.238 e. The third kappa shape index (κ3) is 6.27. The number of amides is 1. The summed E-state index contributed by atoms with van der Waals surface area (Å²) < 4.78 is 27.0. The van der Waals surface area contributed by atoms with Crippen molar-refractivity contribution >= 4 is 22.0 Å². The Labute approximate surface area is 173 Å². The molecule has 2 aromatic carbocycles. The number of carbonyl (C=O) groups excluding carboxylic acids is 1. The van der Waals surface area contributed by atoms with Crippen molar-refractivity contribution in [1.82, 2.24) is 9.62 Å². The lowest BCUT2D eigenvalue weighted by molar-refractivity contribution is -0.125. The normalized spacial score (nSPS) is 18.0. The maximum Gasteiger partial charge on any atom is 0.238 e. The third-order valence-electron chi connectivity index (χ3n) is 5.10. The van der Waals surface area contributed by atoms with Crippen molar-refractivity contribution < 1.29 is 13.2 Å². The molecule has 0 bridgehead atoms. The van der Waals surface area contributed by atoms with Crippen LogP contribution < -0.4 is 5.32 Å². The van der Waals surface area contributed by atoms with Gasteiger partial charge in [-0.3, -0.25) is 4.79 Å². The number of sulfonamides is 1. The molecule has 5 nitrogen and oxygen atoms in total. The van der Waals surface area contributed by atoms with Gasteiger partial charge in [-0.25, -0.2) is 8.42 Å². The zero-order valence-electron chi connectivity index (χ0n) is 16.5. The highest BCUT2D eigenvalue weighted by Gasteiger charge is 2.35. The predicted octanol–water partition coefficient (Wildman–Crippen LogP) is 3.59. The van der Waals surface area contributed by atoms with Crippen LogP contribution in [-0.2, 0) is 21.2 Å². The lowest BCUT2D eigenvalue weighted by atomic mass is 10.0. The SMILES string of the molecule is O=C(NCCCc1ccccc1)[C@@H]1CCCCN1S(=O)(=O)/C=C/c1ccccc1. The van der Waals surface area contributed by atoms with E-state index in [0.29, 0.717) is 19.5 Å². The molecule has 154 valence electrons. The maximum absolute atomic E-state index is 12.8. The first-order valence-electron chi connectivity index (χ1n) is 10.1. The molecule has 1 heterocycles. The Morgan fingerprint density at radius 1 is 1.03 bits per heavy atom. The summed E-state index contributed by atoms with van der Waals surface area (Å²) in [6.45, 7) is 0.918. The summed E-state index contributed by atoms with van der Waals surface area (Å²) in [5, 5.41) is 4.14. The highest BCUT2D eigenvalue weighted by atomic mass is 32.2. The van der Waals surface area contributed by atoms with Gasteiger partial charge in [-0.15, -0.1) is 0 Å². The number of hydrogen-bond donors (Lipinski definition) is 1. The number of piperidine rings is 1. The average Bonchev–Trinajstić information content (AvgIpc) is 2.77. The lowest BCUT2D eigenvalue weighted by Gasteiger charge is -2.32. The van der Waals surface area contributed by atoms with Crippen LogP contribution in [0.25, 0.3) is 6.08 Å². The van der Waals surface area contributed by atoms with Crippen molar-refractivity contribution in [3.63, 3.8) is 0 Å². The first kappa shape index (κ1) is 21.3. The van der Waals surface area contributed by atoms with E-state index in [0.717, 1.165) is 31.2 Å². The van der Waals surface area contributed by atoms with Gasteiger partial charge in [-0.05, 0) is 42.9 Å². The molecular weight excluding hydrogens is 384 g/mol. The zero-order valence-corrected chi connectivity index (χ0v) is 17.4. The van der Waals surface area contributed by atoms with Crippen molar-refractivity contribution in [1.29, 1.82) is 0 Å². The van der Waals surface area contributed by atoms with E-state index in [-0.39, 0.29) is 5.91 Å². The second-order valence-electron chi connectivity index (χ2n) is 7.26. The molecule has 0 aromatic heterocycles. The molecule has 2 aromatic rings. The number of nitrogens with zero attached hydrogens (tertiary/aromatic N) is 1. The van der Waals surface area contributed by atoms with Gasteiger partial charge in [0.1, 0.15) is 6.04 Å². The molecule has 0 aliphatic carbocycles. The lowest BCUT2D eigenvalue weighted by Crippen LogP contribution is -2.51. The fourth-order valence-electron chi connectivity index (χ4n) is 3.55. The number of aryl methyl sites for hydroxylation is 1. The molecule has 29 heavy (non-hydrogen) atoms. The van der Waals surface area contributed by atoms with Gasteiger partial charge in [0.15, 0.2) is 0 Å². The molecule has 6 heteroatoms. The quantitative estimate of drug-likeness (QED) is 0.674. The van der Waals surface area contributed by atoms with E-state index in [9.17, 15) is 13.2 Å². The van der Waals surface area contributed by atoms with Crippen LogP contribution in [0.1, 0.15) is 36.8 Å². The van der Waals surface area contributed by atoms with E-state index in [2.05, 4.69) is 17.4 Å². The second-order valence-corrected chi connectivity index (χ2v) is 9.03. The van der Waals surface area contributed by atoms with Gasteiger partial charge in [-0.1, -0.05) is 67.1 Å². The van der Waals surface area contributed by atoms with E-state index in [4.69, 9.17) is 0 Å². The van der Waals surface area contributed by atoms with Crippen LogP contribution in [0.3, 0.4) is 0 Å². The molecule has 0 unspecified atom stereocenters. The number of hydrogen-bond acceptors (Lipinski definition) is 3. The summed E-state index contributed by atoms with van der Waals surface area (Å²) in [5.74, 6) is -0.200. The molecule has 3 rings (SSSR count). The van der Waals surface area contributed by atoms with Crippen LogP contribution in [0, 0.1) is 0 Å². The molecule has 1 atom stereocenters. The monoisotopic (exact) mass is 412 g/mol. The van der Waals surface area contributed by atoms with Crippen LogP contribution in [0.15, 0.2) is 66.1 Å². The second kappa shape index (κ2) is 10.4. The van der Waals surface area contributed by atoms with Crippen LogP contribution in [0.4, 0.5) is 0 Å². The topological polar surface area (TPSA) is 66.5 Å². The molecule has 1 aliphatic heterocycles. The van der Waals surface area contributed by atoms with E-state index in [1.807, 2.05) is 48.5 Å². The zero-order chi connectivity index (χ0) is 20.5.